The minimum atomic E-state index is -0.532. The molecule has 0 aliphatic heterocycles. The molecule has 2 heterocycles. The average molecular weight is 418 g/mol. The SMILES string of the molecule is CCCCn1cc(-c2ccc3c([N+](=O)[O-])cccc3n2)c(=O)c2cc([N+](=O)[O-])ccc21. The summed E-state index contributed by atoms with van der Waals surface area (Å²) in [7, 11) is 0. The third-order valence-corrected chi connectivity index (χ3v) is 5.21. The smallest absolute Gasteiger partial charge is 0.278 e. The van der Waals surface area contributed by atoms with Crippen molar-refractivity contribution in [1.29, 1.82) is 0 Å². The first-order valence-corrected chi connectivity index (χ1v) is 9.77. The first kappa shape index (κ1) is 20.1. The van der Waals surface area contributed by atoms with Crippen LogP contribution in [0.3, 0.4) is 0 Å². The lowest BCUT2D eigenvalue weighted by Gasteiger charge is -2.13. The molecule has 0 fully saturated rings. The number of benzene rings is 2. The van der Waals surface area contributed by atoms with E-state index in [0.29, 0.717) is 28.7 Å². The van der Waals surface area contributed by atoms with Gasteiger partial charge in [0.25, 0.3) is 11.4 Å². The highest BCUT2D eigenvalue weighted by Gasteiger charge is 2.17. The largest absolute Gasteiger partial charge is 0.347 e. The van der Waals surface area contributed by atoms with Crippen LogP contribution in [0.4, 0.5) is 11.4 Å². The van der Waals surface area contributed by atoms with E-state index in [1.54, 1.807) is 36.5 Å². The second kappa shape index (κ2) is 7.94. The molecule has 0 saturated carbocycles. The van der Waals surface area contributed by atoms with Gasteiger partial charge in [-0.2, -0.15) is 0 Å². The molecule has 31 heavy (non-hydrogen) atoms. The number of non-ortho nitro benzene ring substituents is 2. The third-order valence-electron chi connectivity index (χ3n) is 5.21. The molecule has 9 nitrogen and oxygen atoms in total. The van der Waals surface area contributed by atoms with Crippen LogP contribution in [-0.2, 0) is 6.54 Å². The zero-order valence-electron chi connectivity index (χ0n) is 16.6. The molecule has 4 aromatic rings. The first-order chi connectivity index (χ1) is 14.9. The van der Waals surface area contributed by atoms with Crippen molar-refractivity contribution < 1.29 is 9.85 Å². The molecule has 4 rings (SSSR count). The maximum Gasteiger partial charge on any atom is 0.278 e. The molecule has 0 atom stereocenters. The Morgan fingerprint density at radius 1 is 1.00 bits per heavy atom. The Morgan fingerprint density at radius 3 is 2.52 bits per heavy atom. The van der Waals surface area contributed by atoms with Crippen LogP contribution in [0, 0.1) is 20.2 Å². The van der Waals surface area contributed by atoms with Crippen molar-refractivity contribution in [2.45, 2.75) is 26.3 Å². The van der Waals surface area contributed by atoms with Crippen molar-refractivity contribution in [3.63, 3.8) is 0 Å². The van der Waals surface area contributed by atoms with Gasteiger partial charge in [-0.05, 0) is 30.7 Å². The summed E-state index contributed by atoms with van der Waals surface area (Å²) in [5.41, 5.74) is 1.06. The van der Waals surface area contributed by atoms with Crippen LogP contribution < -0.4 is 5.43 Å². The van der Waals surface area contributed by atoms with Gasteiger partial charge in [-0.1, -0.05) is 19.4 Å². The highest BCUT2D eigenvalue weighted by atomic mass is 16.6. The van der Waals surface area contributed by atoms with Crippen LogP contribution in [0.1, 0.15) is 19.8 Å². The molecule has 0 aliphatic rings. The molecular weight excluding hydrogens is 400 g/mol. The van der Waals surface area contributed by atoms with Crippen LogP contribution in [0.15, 0.2) is 59.5 Å². The Balaban J connectivity index is 1.98. The number of hydrogen-bond donors (Lipinski definition) is 0. The van der Waals surface area contributed by atoms with E-state index in [1.165, 1.54) is 18.2 Å². The molecule has 156 valence electrons. The summed E-state index contributed by atoms with van der Waals surface area (Å²) >= 11 is 0. The van der Waals surface area contributed by atoms with E-state index in [0.717, 1.165) is 12.8 Å². The molecule has 0 amide bonds. The average Bonchev–Trinajstić information content (AvgIpc) is 2.77. The molecule has 0 spiro atoms. The van der Waals surface area contributed by atoms with Crippen LogP contribution >= 0.6 is 0 Å². The Hall–Kier alpha value is -4.14. The molecule has 0 saturated heterocycles. The second-order valence-corrected chi connectivity index (χ2v) is 7.17. The van der Waals surface area contributed by atoms with Gasteiger partial charge < -0.3 is 4.57 Å². The number of hydrogen-bond acceptors (Lipinski definition) is 6. The molecule has 2 aromatic heterocycles. The third kappa shape index (κ3) is 3.61. The van der Waals surface area contributed by atoms with Crippen LogP contribution in [0.2, 0.25) is 0 Å². The van der Waals surface area contributed by atoms with E-state index in [1.807, 2.05) is 11.5 Å². The van der Waals surface area contributed by atoms with Crippen molar-refractivity contribution >= 4 is 33.2 Å². The molecule has 0 unspecified atom stereocenters. The second-order valence-electron chi connectivity index (χ2n) is 7.17. The number of fused-ring (bicyclic) bond motifs is 2. The Labute approximate surface area is 175 Å². The number of nitro benzene ring substituents is 2. The summed E-state index contributed by atoms with van der Waals surface area (Å²) in [4.78, 5) is 39.2. The molecule has 0 radical (unpaired) electrons. The van der Waals surface area contributed by atoms with Gasteiger partial charge in [0.05, 0.1) is 42.9 Å². The van der Waals surface area contributed by atoms with Gasteiger partial charge in [0.1, 0.15) is 0 Å². The van der Waals surface area contributed by atoms with Gasteiger partial charge in [-0.25, -0.2) is 4.98 Å². The molecule has 0 N–H and O–H groups in total. The Kier molecular flexibility index (Phi) is 5.16. The monoisotopic (exact) mass is 418 g/mol. The highest BCUT2D eigenvalue weighted by Crippen LogP contribution is 2.28. The number of nitro groups is 2. The summed E-state index contributed by atoms with van der Waals surface area (Å²) in [5.74, 6) is 0. The van der Waals surface area contributed by atoms with Gasteiger partial charge in [0.2, 0.25) is 0 Å². The van der Waals surface area contributed by atoms with Crippen LogP contribution in [-0.4, -0.2) is 19.4 Å². The number of unbranched alkanes of at least 4 members (excludes halogenated alkanes) is 1. The Bertz CT molecular complexity index is 1410. The van der Waals surface area contributed by atoms with Crippen LogP contribution in [0.25, 0.3) is 33.1 Å². The lowest BCUT2D eigenvalue weighted by Crippen LogP contribution is -2.13. The zero-order valence-corrected chi connectivity index (χ0v) is 16.6. The fourth-order valence-corrected chi connectivity index (χ4v) is 3.64. The number of pyridine rings is 2. The quantitative estimate of drug-likeness (QED) is 0.326. The summed E-state index contributed by atoms with van der Waals surface area (Å²) < 4.78 is 1.90. The summed E-state index contributed by atoms with van der Waals surface area (Å²) in [6.45, 7) is 2.69. The van der Waals surface area contributed by atoms with E-state index >= 15 is 0 Å². The number of aromatic nitrogens is 2. The lowest BCUT2D eigenvalue weighted by atomic mass is 10.1. The van der Waals surface area contributed by atoms with E-state index in [9.17, 15) is 25.0 Å². The van der Waals surface area contributed by atoms with E-state index < -0.39 is 9.85 Å². The fourth-order valence-electron chi connectivity index (χ4n) is 3.64. The lowest BCUT2D eigenvalue weighted by molar-refractivity contribution is -0.384. The highest BCUT2D eigenvalue weighted by molar-refractivity contribution is 5.91. The number of rotatable bonds is 6. The number of aryl methyl sites for hydroxylation is 1. The van der Waals surface area contributed by atoms with Crippen molar-refractivity contribution in [3.05, 3.63) is 85.2 Å². The summed E-state index contributed by atoms with van der Waals surface area (Å²) in [6.07, 6.45) is 3.51. The van der Waals surface area contributed by atoms with Gasteiger partial charge in [0, 0.05) is 30.9 Å². The van der Waals surface area contributed by atoms with E-state index in [-0.39, 0.29) is 27.8 Å². The molecular formula is C22H18N4O5. The molecule has 9 heteroatoms. The maximum absolute atomic E-state index is 13.3. The summed E-state index contributed by atoms with van der Waals surface area (Å²) in [6, 6.07) is 12.0. The fraction of sp³-hybridized carbons (Fsp3) is 0.182. The normalized spacial score (nSPS) is 11.1. The topological polar surface area (TPSA) is 121 Å². The van der Waals surface area contributed by atoms with Crippen LogP contribution in [0.5, 0.6) is 0 Å². The van der Waals surface area contributed by atoms with Gasteiger partial charge in [0.15, 0.2) is 5.43 Å². The van der Waals surface area contributed by atoms with Crippen molar-refractivity contribution in [3.8, 4) is 11.3 Å². The standard InChI is InChI=1S/C22H18N4O5/c1-2-3-11-24-13-17(22(27)16-12-14(25(28)29)7-10-20(16)24)19-9-8-15-18(23-19)5-4-6-21(15)26(30)31/h4-10,12-13H,2-3,11H2,1H3. The minimum Gasteiger partial charge on any atom is -0.347 e. The molecule has 0 bridgehead atoms. The predicted octanol–water partition coefficient (Wildman–Crippen LogP) is 4.83. The van der Waals surface area contributed by atoms with Crippen molar-refractivity contribution in [1.82, 2.24) is 9.55 Å². The molecule has 0 aliphatic carbocycles. The first-order valence-electron chi connectivity index (χ1n) is 9.77. The summed E-state index contributed by atoms with van der Waals surface area (Å²) in [5, 5.41) is 23.1. The molecule has 2 aromatic carbocycles. The van der Waals surface area contributed by atoms with Crippen molar-refractivity contribution in [2.75, 3.05) is 0 Å². The predicted molar refractivity (Wildman–Crippen MR) is 117 cm³/mol. The Morgan fingerprint density at radius 2 is 1.81 bits per heavy atom. The zero-order chi connectivity index (χ0) is 22.1. The van der Waals surface area contributed by atoms with E-state index in [2.05, 4.69) is 4.98 Å². The van der Waals surface area contributed by atoms with Gasteiger partial charge in [-0.3, -0.25) is 25.0 Å². The number of nitrogens with zero attached hydrogens (tertiary/aromatic N) is 4. The van der Waals surface area contributed by atoms with E-state index in [4.69, 9.17) is 0 Å². The van der Waals surface area contributed by atoms with Crippen molar-refractivity contribution in [2.24, 2.45) is 0 Å². The maximum atomic E-state index is 13.3. The van der Waals surface area contributed by atoms with Gasteiger partial charge >= 0.3 is 0 Å². The minimum absolute atomic E-state index is 0.0638. The van der Waals surface area contributed by atoms with Gasteiger partial charge in [-0.15, -0.1) is 0 Å².